The Morgan fingerprint density at radius 3 is 2.23 bits per heavy atom. The summed E-state index contributed by atoms with van der Waals surface area (Å²) in [5.74, 6) is -1.08. The summed E-state index contributed by atoms with van der Waals surface area (Å²) in [7, 11) is 0. The van der Waals surface area contributed by atoms with Crippen molar-refractivity contribution in [2.75, 3.05) is 16.0 Å². The van der Waals surface area contributed by atoms with Crippen LogP contribution in [0.25, 0.3) is 10.2 Å². The topological polar surface area (TPSA) is 109 Å². The monoisotopic (exact) mass is 570 g/mol. The van der Waals surface area contributed by atoms with Gasteiger partial charge in [0.25, 0.3) is 11.8 Å². The lowest BCUT2D eigenvalue weighted by Gasteiger charge is -2.18. The Morgan fingerprint density at radius 2 is 1.52 bits per heavy atom. The number of carbonyl (C=O) groups is 3. The average Bonchev–Trinajstić information content (AvgIpc) is 3.25. The Labute approximate surface area is 231 Å². The van der Waals surface area contributed by atoms with E-state index in [1.807, 2.05) is 0 Å². The molecule has 1 heterocycles. The Kier molecular flexibility index (Phi) is 7.83. The van der Waals surface area contributed by atoms with E-state index in [0.29, 0.717) is 32.2 Å². The Bertz CT molecular complexity index is 1610. The van der Waals surface area contributed by atoms with Gasteiger partial charge in [-0.05, 0) is 81.8 Å². The molecule has 40 heavy (non-hydrogen) atoms. The number of hydrogen-bond acceptors (Lipinski definition) is 6. The normalized spacial score (nSPS) is 11.7. The van der Waals surface area contributed by atoms with E-state index < -0.39 is 35.2 Å². The molecule has 3 amide bonds. The van der Waals surface area contributed by atoms with E-state index in [9.17, 15) is 27.6 Å². The van der Waals surface area contributed by atoms with E-state index in [2.05, 4.69) is 20.9 Å². The van der Waals surface area contributed by atoms with E-state index >= 15 is 0 Å². The summed E-state index contributed by atoms with van der Waals surface area (Å²) in [6.07, 6.45) is -5.18. The predicted molar refractivity (Wildman–Crippen MR) is 148 cm³/mol. The number of thiazole rings is 1. The molecule has 4 aromatic rings. The van der Waals surface area contributed by atoms with Gasteiger partial charge in [0, 0.05) is 22.5 Å². The summed E-state index contributed by atoms with van der Waals surface area (Å²) in [6.45, 7) is 6.98. The van der Waals surface area contributed by atoms with Gasteiger partial charge >= 0.3 is 12.3 Å². The number of halogens is 3. The number of benzene rings is 3. The Morgan fingerprint density at radius 1 is 0.850 bits per heavy atom. The van der Waals surface area contributed by atoms with Crippen LogP contribution in [0.15, 0.2) is 60.7 Å². The molecule has 0 bridgehead atoms. The number of aromatic nitrogens is 1. The van der Waals surface area contributed by atoms with Crippen LogP contribution in [0, 0.1) is 6.92 Å². The fraction of sp³-hybridized carbons (Fsp3) is 0.214. The molecule has 12 heteroatoms. The van der Waals surface area contributed by atoms with Crippen molar-refractivity contribution < 1.29 is 32.3 Å². The molecule has 0 aliphatic carbocycles. The molecular formula is C28H25F3N4O4S. The first-order valence-corrected chi connectivity index (χ1v) is 12.8. The Hall–Kier alpha value is -4.45. The molecule has 3 aromatic carbocycles. The van der Waals surface area contributed by atoms with Gasteiger partial charge in [0.1, 0.15) is 5.60 Å². The smallest absolute Gasteiger partial charge is 0.416 e. The molecule has 208 valence electrons. The number of hydrogen-bond donors (Lipinski definition) is 3. The summed E-state index contributed by atoms with van der Waals surface area (Å²) in [4.78, 5) is 42.2. The highest BCUT2D eigenvalue weighted by Gasteiger charge is 2.30. The number of nitrogens with zero attached hydrogens (tertiary/aromatic N) is 1. The second-order valence-corrected chi connectivity index (χ2v) is 10.9. The molecule has 0 saturated heterocycles. The minimum Gasteiger partial charge on any atom is -0.444 e. The lowest BCUT2D eigenvalue weighted by atomic mass is 10.1. The van der Waals surface area contributed by atoms with E-state index in [1.165, 1.54) is 35.6 Å². The molecule has 0 aliphatic rings. The third kappa shape index (κ3) is 7.14. The van der Waals surface area contributed by atoms with Gasteiger partial charge in [0.15, 0.2) is 5.13 Å². The van der Waals surface area contributed by atoms with Crippen LogP contribution >= 0.6 is 11.3 Å². The highest BCUT2D eigenvalue weighted by molar-refractivity contribution is 7.22. The summed E-state index contributed by atoms with van der Waals surface area (Å²) < 4.78 is 44.9. The Balaban J connectivity index is 1.48. The van der Waals surface area contributed by atoms with Crippen LogP contribution in [0.5, 0.6) is 0 Å². The largest absolute Gasteiger partial charge is 0.444 e. The second-order valence-electron chi connectivity index (χ2n) is 9.84. The van der Waals surface area contributed by atoms with Crippen molar-refractivity contribution in [2.24, 2.45) is 0 Å². The van der Waals surface area contributed by atoms with E-state index in [-0.39, 0.29) is 11.3 Å². The quantitative estimate of drug-likeness (QED) is 0.231. The fourth-order valence-corrected chi connectivity index (χ4v) is 4.47. The first-order valence-electron chi connectivity index (χ1n) is 12.0. The number of fused-ring (bicyclic) bond motifs is 1. The van der Waals surface area contributed by atoms with Gasteiger partial charge in [-0.3, -0.25) is 14.9 Å². The molecule has 0 atom stereocenters. The van der Waals surface area contributed by atoms with Crippen molar-refractivity contribution in [3.8, 4) is 0 Å². The maximum atomic E-state index is 13.0. The van der Waals surface area contributed by atoms with Gasteiger partial charge < -0.3 is 15.4 Å². The molecule has 0 unspecified atom stereocenters. The summed E-state index contributed by atoms with van der Waals surface area (Å²) in [5, 5.41) is 8.12. The lowest BCUT2D eigenvalue weighted by molar-refractivity contribution is -0.137. The lowest BCUT2D eigenvalue weighted by Crippen LogP contribution is -2.27. The van der Waals surface area contributed by atoms with Gasteiger partial charge in [-0.15, -0.1) is 0 Å². The van der Waals surface area contributed by atoms with Crippen LogP contribution in [0.3, 0.4) is 0 Å². The summed E-state index contributed by atoms with van der Waals surface area (Å²) >= 11 is 1.18. The number of alkyl halides is 3. The molecule has 3 N–H and O–H groups in total. The van der Waals surface area contributed by atoms with E-state index in [4.69, 9.17) is 4.74 Å². The number of amides is 3. The molecule has 0 fully saturated rings. The van der Waals surface area contributed by atoms with Crippen LogP contribution in [0.2, 0.25) is 0 Å². The van der Waals surface area contributed by atoms with Gasteiger partial charge in [0.2, 0.25) is 0 Å². The van der Waals surface area contributed by atoms with Crippen LogP contribution in [-0.2, 0) is 10.9 Å². The molecule has 0 saturated carbocycles. The highest BCUT2D eigenvalue weighted by Crippen LogP contribution is 2.31. The van der Waals surface area contributed by atoms with Crippen LogP contribution < -0.4 is 16.0 Å². The molecule has 1 aromatic heterocycles. The van der Waals surface area contributed by atoms with Gasteiger partial charge in [-0.25, -0.2) is 9.78 Å². The van der Waals surface area contributed by atoms with Gasteiger partial charge in [-0.1, -0.05) is 23.5 Å². The van der Waals surface area contributed by atoms with Gasteiger partial charge in [0.05, 0.1) is 15.8 Å². The van der Waals surface area contributed by atoms with Crippen molar-refractivity contribution in [3.63, 3.8) is 0 Å². The molecule has 0 radical (unpaired) electrons. The third-order valence-electron chi connectivity index (χ3n) is 5.45. The zero-order valence-corrected chi connectivity index (χ0v) is 22.7. The minimum atomic E-state index is -4.54. The predicted octanol–water partition coefficient (Wildman–Crippen LogP) is 7.48. The van der Waals surface area contributed by atoms with Crippen molar-refractivity contribution in [2.45, 2.75) is 39.5 Å². The van der Waals surface area contributed by atoms with Crippen molar-refractivity contribution >= 4 is 56.0 Å². The number of aryl methyl sites for hydroxylation is 1. The second kappa shape index (κ2) is 11.0. The maximum absolute atomic E-state index is 13.0. The number of ether oxygens (including phenoxy) is 1. The summed E-state index contributed by atoms with van der Waals surface area (Å²) in [5.41, 5.74) is 0.520. The zero-order valence-electron chi connectivity index (χ0n) is 21.9. The molecule has 0 aliphatic heterocycles. The molecule has 4 rings (SSSR count). The van der Waals surface area contributed by atoms with Crippen LogP contribution in [0.4, 0.5) is 34.5 Å². The number of rotatable bonds is 5. The van der Waals surface area contributed by atoms with Crippen LogP contribution in [-0.4, -0.2) is 28.5 Å². The third-order valence-corrected chi connectivity index (χ3v) is 6.39. The average molecular weight is 571 g/mol. The molecule has 0 spiro atoms. The summed E-state index contributed by atoms with van der Waals surface area (Å²) in [6, 6.07) is 13.8. The first kappa shape index (κ1) is 28.6. The van der Waals surface area contributed by atoms with Crippen molar-refractivity contribution in [1.82, 2.24) is 4.98 Å². The minimum absolute atomic E-state index is 0.00984. The van der Waals surface area contributed by atoms with Crippen LogP contribution in [0.1, 0.15) is 52.6 Å². The fourth-order valence-electron chi connectivity index (χ4n) is 3.58. The van der Waals surface area contributed by atoms with Gasteiger partial charge in [-0.2, -0.15) is 13.2 Å². The van der Waals surface area contributed by atoms with Crippen molar-refractivity contribution in [3.05, 3.63) is 82.9 Å². The van der Waals surface area contributed by atoms with Crippen molar-refractivity contribution in [1.29, 1.82) is 0 Å². The number of nitrogens with one attached hydrogen (secondary N) is 3. The van der Waals surface area contributed by atoms with E-state index in [1.54, 1.807) is 52.0 Å². The highest BCUT2D eigenvalue weighted by atomic mass is 32.1. The molecule has 8 nitrogen and oxygen atoms in total. The first-order chi connectivity index (χ1) is 18.7. The SMILES string of the molecule is Cc1ccc(C(=O)Nc2cccc(C(F)(F)F)c2)cc1NC(=O)c1ccc2nc(NC(=O)OC(C)(C)C)sc2c1. The number of carbonyl (C=O) groups excluding carboxylic acids is 3. The standard InChI is InChI=1S/C28H25F3N4O4S/c1-15-8-9-16(23(36)32-19-7-5-6-18(14-19)28(29,30)31)12-21(15)33-24(37)17-10-11-20-22(13-17)40-25(34-20)35-26(38)39-27(2,3)4/h5-14H,1-4H3,(H,32,36)(H,33,37)(H,34,35,38). The zero-order chi connectivity index (χ0) is 29.2. The number of anilines is 3. The maximum Gasteiger partial charge on any atom is 0.416 e. The molecular weight excluding hydrogens is 545 g/mol. The van der Waals surface area contributed by atoms with E-state index in [0.717, 1.165) is 12.1 Å².